The van der Waals surface area contributed by atoms with Crippen LogP contribution in [0.3, 0.4) is 0 Å². The van der Waals surface area contributed by atoms with Crippen molar-refractivity contribution in [1.82, 2.24) is 0 Å². The molecule has 1 aliphatic rings. The summed E-state index contributed by atoms with van der Waals surface area (Å²) in [7, 11) is -1.86. The average Bonchev–Trinajstić information content (AvgIpc) is 2.58. The van der Waals surface area contributed by atoms with E-state index in [1.54, 1.807) is 0 Å². The molecule has 0 aromatic rings. The lowest BCUT2D eigenvalue weighted by molar-refractivity contribution is -0.115. The van der Waals surface area contributed by atoms with Gasteiger partial charge >= 0.3 is 0 Å². The summed E-state index contributed by atoms with van der Waals surface area (Å²) in [5.74, 6) is 0.481. The highest BCUT2D eigenvalue weighted by atomic mass is 28.4. The average molecular weight is 299 g/mol. The van der Waals surface area contributed by atoms with Gasteiger partial charge in [0.05, 0.1) is 5.60 Å². The molecule has 1 saturated carbocycles. The number of carbonyl (C=O) groups excluding carboxylic acids is 1. The minimum atomic E-state index is -1.86. The Bertz CT molecular complexity index is 349. The second-order valence-corrected chi connectivity index (χ2v) is 13.8. The van der Waals surface area contributed by atoms with Gasteiger partial charge in [0.15, 0.2) is 8.32 Å². The van der Waals surface area contributed by atoms with E-state index in [4.69, 9.17) is 4.43 Å². The van der Waals surface area contributed by atoms with Crippen LogP contribution in [-0.4, -0.2) is 20.2 Å². The molecule has 20 heavy (non-hydrogen) atoms. The monoisotopic (exact) mass is 298 g/mol. The highest BCUT2D eigenvalue weighted by Crippen LogP contribution is 2.53. The Kier molecular flexibility index (Phi) is 4.98. The molecule has 118 valence electrons. The standard InChI is InChI=1S/C17H34O2Si/c1-15(2,3)14-10-9-11-17(14,12-13-18)19-20(7,8)16(4,5)6/h13-14H,9-12H2,1-8H3/t14-,17+/m1/s1. The van der Waals surface area contributed by atoms with Crippen molar-refractivity contribution in [2.75, 3.05) is 0 Å². The molecule has 0 aliphatic heterocycles. The summed E-state index contributed by atoms with van der Waals surface area (Å²) in [6.07, 6.45) is 5.05. The third-order valence-corrected chi connectivity index (χ3v) is 10.00. The fourth-order valence-electron chi connectivity index (χ4n) is 3.48. The summed E-state index contributed by atoms with van der Waals surface area (Å²) in [6, 6.07) is 0. The molecule has 2 atom stereocenters. The van der Waals surface area contributed by atoms with Crippen LogP contribution in [-0.2, 0) is 9.22 Å². The summed E-state index contributed by atoms with van der Waals surface area (Å²) in [6.45, 7) is 18.3. The number of carbonyl (C=O) groups is 1. The summed E-state index contributed by atoms with van der Waals surface area (Å²) >= 11 is 0. The molecule has 0 aromatic heterocycles. The van der Waals surface area contributed by atoms with Crippen molar-refractivity contribution in [2.45, 2.75) is 91.0 Å². The summed E-state index contributed by atoms with van der Waals surface area (Å²) in [4.78, 5) is 11.3. The predicted molar refractivity (Wildman–Crippen MR) is 88.5 cm³/mol. The van der Waals surface area contributed by atoms with Gasteiger partial charge in [0.1, 0.15) is 6.29 Å². The Hall–Kier alpha value is -0.153. The molecule has 0 N–H and O–H groups in total. The fourth-order valence-corrected chi connectivity index (χ4v) is 5.13. The maximum Gasteiger partial charge on any atom is 0.192 e. The molecule has 1 aliphatic carbocycles. The highest BCUT2D eigenvalue weighted by Gasteiger charge is 2.53. The van der Waals surface area contributed by atoms with Crippen molar-refractivity contribution in [2.24, 2.45) is 11.3 Å². The zero-order chi connectivity index (χ0) is 15.8. The lowest BCUT2D eigenvalue weighted by atomic mass is 9.71. The zero-order valence-electron chi connectivity index (χ0n) is 14.8. The highest BCUT2D eigenvalue weighted by molar-refractivity contribution is 6.74. The maximum atomic E-state index is 11.3. The predicted octanol–water partition coefficient (Wildman–Crippen LogP) is 5.18. The normalized spacial score (nSPS) is 28.7. The summed E-state index contributed by atoms with van der Waals surface area (Å²) in [5, 5.41) is 0.188. The van der Waals surface area contributed by atoms with E-state index in [0.717, 1.165) is 12.7 Å². The number of aldehydes is 1. The van der Waals surface area contributed by atoms with Crippen LogP contribution in [0.1, 0.15) is 67.2 Å². The SMILES string of the molecule is CC(C)(C)[C@H]1CCC[C@@]1(CC=O)O[Si](C)(C)C(C)(C)C. The van der Waals surface area contributed by atoms with Crippen molar-refractivity contribution in [3.8, 4) is 0 Å². The zero-order valence-corrected chi connectivity index (χ0v) is 15.8. The second kappa shape index (κ2) is 5.56. The topological polar surface area (TPSA) is 26.3 Å². The largest absolute Gasteiger partial charge is 0.411 e. The Balaban J connectivity index is 3.13. The van der Waals surface area contributed by atoms with Crippen molar-refractivity contribution >= 4 is 14.6 Å². The molecule has 1 fully saturated rings. The lowest BCUT2D eigenvalue weighted by Crippen LogP contribution is -2.53. The van der Waals surface area contributed by atoms with Gasteiger partial charge in [-0.3, -0.25) is 0 Å². The van der Waals surface area contributed by atoms with Gasteiger partial charge in [-0.25, -0.2) is 0 Å². The summed E-state index contributed by atoms with van der Waals surface area (Å²) < 4.78 is 6.84. The Morgan fingerprint density at radius 3 is 2.15 bits per heavy atom. The molecule has 1 rings (SSSR count). The molecule has 0 bridgehead atoms. The van der Waals surface area contributed by atoms with Crippen molar-refractivity contribution in [3.05, 3.63) is 0 Å². The Morgan fingerprint density at radius 2 is 1.75 bits per heavy atom. The van der Waals surface area contributed by atoms with Gasteiger partial charge in [-0.1, -0.05) is 48.0 Å². The molecule has 0 heterocycles. The molecule has 0 saturated heterocycles. The molecule has 0 aromatic carbocycles. The van der Waals surface area contributed by atoms with Crippen molar-refractivity contribution in [1.29, 1.82) is 0 Å². The molecular formula is C17H34O2Si. The first-order valence-electron chi connectivity index (χ1n) is 7.99. The quantitative estimate of drug-likeness (QED) is 0.528. The smallest absolute Gasteiger partial charge is 0.192 e. The van der Waals surface area contributed by atoms with E-state index in [0.29, 0.717) is 12.3 Å². The van der Waals surface area contributed by atoms with Crippen LogP contribution in [0, 0.1) is 11.3 Å². The molecule has 0 unspecified atom stereocenters. The third kappa shape index (κ3) is 3.54. The van der Waals surface area contributed by atoms with Crippen LogP contribution in [0.25, 0.3) is 0 Å². The molecular weight excluding hydrogens is 264 g/mol. The van der Waals surface area contributed by atoms with Gasteiger partial charge in [0.25, 0.3) is 0 Å². The Labute approximate surface area is 126 Å². The number of rotatable bonds is 4. The van der Waals surface area contributed by atoms with Crippen LogP contribution in [0.2, 0.25) is 18.1 Å². The van der Waals surface area contributed by atoms with E-state index in [9.17, 15) is 4.79 Å². The molecule has 0 spiro atoms. The van der Waals surface area contributed by atoms with Gasteiger partial charge in [0.2, 0.25) is 0 Å². The number of hydrogen-bond acceptors (Lipinski definition) is 2. The minimum Gasteiger partial charge on any atom is -0.411 e. The second-order valence-electron chi connectivity index (χ2n) is 9.11. The summed E-state index contributed by atoms with van der Waals surface area (Å²) in [5.41, 5.74) is -0.0229. The maximum absolute atomic E-state index is 11.3. The third-order valence-electron chi connectivity index (χ3n) is 5.47. The lowest BCUT2D eigenvalue weighted by Gasteiger charge is -2.49. The van der Waals surface area contributed by atoms with Crippen LogP contribution < -0.4 is 0 Å². The molecule has 0 amide bonds. The fraction of sp³-hybridized carbons (Fsp3) is 0.941. The van der Waals surface area contributed by atoms with Crippen LogP contribution >= 0.6 is 0 Å². The first kappa shape index (κ1) is 17.9. The van der Waals surface area contributed by atoms with Crippen LogP contribution in [0.4, 0.5) is 0 Å². The van der Waals surface area contributed by atoms with Gasteiger partial charge in [-0.15, -0.1) is 0 Å². The van der Waals surface area contributed by atoms with Gasteiger partial charge in [-0.05, 0) is 42.3 Å². The first-order valence-corrected chi connectivity index (χ1v) is 10.9. The van der Waals surface area contributed by atoms with Crippen molar-refractivity contribution in [3.63, 3.8) is 0 Å². The van der Waals surface area contributed by atoms with Gasteiger partial charge in [0, 0.05) is 6.42 Å². The van der Waals surface area contributed by atoms with Crippen molar-refractivity contribution < 1.29 is 9.22 Å². The van der Waals surface area contributed by atoms with Crippen LogP contribution in [0.5, 0.6) is 0 Å². The van der Waals surface area contributed by atoms with Gasteiger partial charge < -0.3 is 9.22 Å². The van der Waals surface area contributed by atoms with E-state index < -0.39 is 8.32 Å². The van der Waals surface area contributed by atoms with Crippen LogP contribution in [0.15, 0.2) is 0 Å². The number of hydrogen-bond donors (Lipinski definition) is 0. The van der Waals surface area contributed by atoms with E-state index in [1.807, 2.05) is 0 Å². The van der Waals surface area contributed by atoms with E-state index in [1.165, 1.54) is 12.8 Å². The van der Waals surface area contributed by atoms with Gasteiger partial charge in [-0.2, -0.15) is 0 Å². The molecule has 3 heteroatoms. The molecule has 0 radical (unpaired) electrons. The molecule has 2 nitrogen and oxygen atoms in total. The van der Waals surface area contributed by atoms with E-state index in [-0.39, 0.29) is 16.1 Å². The van der Waals surface area contributed by atoms with E-state index in [2.05, 4.69) is 54.6 Å². The van der Waals surface area contributed by atoms with E-state index >= 15 is 0 Å². The Morgan fingerprint density at radius 1 is 1.20 bits per heavy atom. The minimum absolute atomic E-state index is 0.188. The first-order chi connectivity index (χ1) is 8.86.